The SMILES string of the molecule is COC(=O)CSSSSCC(=O)OC. The highest BCUT2D eigenvalue weighted by molar-refractivity contribution is 9.26. The molecule has 0 saturated heterocycles. The number of esters is 2. The molecule has 0 amide bonds. The van der Waals surface area contributed by atoms with Crippen LogP contribution in [0.4, 0.5) is 0 Å². The van der Waals surface area contributed by atoms with Gasteiger partial charge in [-0.25, -0.2) is 0 Å². The van der Waals surface area contributed by atoms with Crippen molar-refractivity contribution in [2.75, 3.05) is 25.7 Å². The molecule has 0 aromatic carbocycles. The van der Waals surface area contributed by atoms with E-state index in [9.17, 15) is 9.59 Å². The summed E-state index contributed by atoms with van der Waals surface area (Å²) in [7, 11) is 8.34. The Morgan fingerprint density at radius 1 is 0.929 bits per heavy atom. The van der Waals surface area contributed by atoms with E-state index in [1.807, 2.05) is 0 Å². The molecule has 14 heavy (non-hydrogen) atoms. The molecule has 82 valence electrons. The van der Waals surface area contributed by atoms with Crippen LogP contribution in [0.15, 0.2) is 0 Å². The summed E-state index contributed by atoms with van der Waals surface area (Å²) in [6.07, 6.45) is 0. The van der Waals surface area contributed by atoms with Crippen molar-refractivity contribution in [3.8, 4) is 0 Å². The molecular formula is C6H10O4S4. The van der Waals surface area contributed by atoms with Gasteiger partial charge in [0.25, 0.3) is 0 Å². The van der Waals surface area contributed by atoms with E-state index in [-0.39, 0.29) is 11.9 Å². The van der Waals surface area contributed by atoms with Gasteiger partial charge in [-0.05, 0) is 19.7 Å². The van der Waals surface area contributed by atoms with Crippen LogP contribution in [0.2, 0.25) is 0 Å². The highest BCUT2D eigenvalue weighted by atomic mass is 33.7. The monoisotopic (exact) mass is 274 g/mol. The van der Waals surface area contributed by atoms with Crippen molar-refractivity contribution in [1.29, 1.82) is 0 Å². The zero-order valence-corrected chi connectivity index (χ0v) is 10.9. The molecule has 0 N–H and O–H groups in total. The second-order valence-corrected chi connectivity index (χ2v) is 7.81. The van der Waals surface area contributed by atoms with Crippen molar-refractivity contribution >= 4 is 53.2 Å². The first-order chi connectivity index (χ1) is 6.70. The Morgan fingerprint density at radius 3 is 1.57 bits per heavy atom. The van der Waals surface area contributed by atoms with Crippen LogP contribution in [0.3, 0.4) is 0 Å². The Hall–Kier alpha value is 0.340. The zero-order chi connectivity index (χ0) is 10.8. The average molecular weight is 274 g/mol. The molecule has 0 aromatic heterocycles. The maximum Gasteiger partial charge on any atom is 0.316 e. The van der Waals surface area contributed by atoms with Crippen molar-refractivity contribution in [1.82, 2.24) is 0 Å². The van der Waals surface area contributed by atoms with E-state index in [1.54, 1.807) is 0 Å². The second-order valence-electron chi connectivity index (χ2n) is 1.81. The van der Waals surface area contributed by atoms with Crippen molar-refractivity contribution in [3.63, 3.8) is 0 Å². The standard InChI is InChI=1S/C6H10O4S4/c1-9-5(7)3-11-13-14-12-4-6(8)10-2/h3-4H2,1-2H3. The third-order valence-electron chi connectivity index (χ3n) is 0.933. The first-order valence-electron chi connectivity index (χ1n) is 3.42. The minimum absolute atomic E-state index is 0.249. The van der Waals surface area contributed by atoms with Gasteiger partial charge in [-0.3, -0.25) is 9.59 Å². The lowest BCUT2D eigenvalue weighted by Gasteiger charge is -1.98. The minimum Gasteiger partial charge on any atom is -0.468 e. The molecule has 0 fully saturated rings. The first kappa shape index (κ1) is 14.3. The molecule has 0 atom stereocenters. The number of methoxy groups -OCH3 is 2. The quantitative estimate of drug-likeness (QED) is 0.397. The number of carbonyl (C=O) groups is 2. The lowest BCUT2D eigenvalue weighted by atomic mass is 10.8. The van der Waals surface area contributed by atoms with Crippen LogP contribution in [0.1, 0.15) is 0 Å². The van der Waals surface area contributed by atoms with E-state index in [0.717, 1.165) is 0 Å². The van der Waals surface area contributed by atoms with E-state index in [4.69, 9.17) is 0 Å². The molecule has 0 heterocycles. The Morgan fingerprint density at radius 2 is 1.29 bits per heavy atom. The number of hydrogen-bond donors (Lipinski definition) is 0. The molecule has 0 saturated carbocycles. The fraction of sp³-hybridized carbons (Fsp3) is 0.667. The molecule has 0 radical (unpaired) electrons. The molecule has 0 rings (SSSR count). The molecule has 0 aliphatic rings. The van der Waals surface area contributed by atoms with Gasteiger partial charge in [-0.2, -0.15) is 0 Å². The summed E-state index contributed by atoms with van der Waals surface area (Å²) in [5, 5.41) is 0. The number of hydrogen-bond acceptors (Lipinski definition) is 8. The van der Waals surface area contributed by atoms with E-state index in [0.29, 0.717) is 11.5 Å². The van der Waals surface area contributed by atoms with Crippen molar-refractivity contribution < 1.29 is 19.1 Å². The maximum atomic E-state index is 10.7. The average Bonchev–Trinajstić information content (AvgIpc) is 2.22. The Labute approximate surface area is 97.8 Å². The molecule has 0 spiro atoms. The van der Waals surface area contributed by atoms with Gasteiger partial charge < -0.3 is 9.47 Å². The number of carbonyl (C=O) groups excluding carboxylic acids is 2. The summed E-state index contributed by atoms with van der Waals surface area (Å²) >= 11 is 0. The lowest BCUT2D eigenvalue weighted by molar-refractivity contribution is -0.138. The summed E-state index contributed by atoms with van der Waals surface area (Å²) < 4.78 is 8.90. The molecule has 0 aliphatic heterocycles. The van der Waals surface area contributed by atoms with Gasteiger partial charge in [0, 0.05) is 0 Å². The van der Waals surface area contributed by atoms with Crippen molar-refractivity contribution in [3.05, 3.63) is 0 Å². The topological polar surface area (TPSA) is 52.6 Å². The van der Waals surface area contributed by atoms with Crippen LogP contribution in [0.25, 0.3) is 0 Å². The normalized spacial score (nSPS) is 9.57. The summed E-state index contributed by atoms with van der Waals surface area (Å²) in [5.41, 5.74) is 0. The van der Waals surface area contributed by atoms with Gasteiger partial charge >= 0.3 is 11.9 Å². The minimum atomic E-state index is -0.249. The molecule has 0 aromatic rings. The van der Waals surface area contributed by atoms with Gasteiger partial charge in [0.1, 0.15) is 11.5 Å². The van der Waals surface area contributed by atoms with Gasteiger partial charge in [0.15, 0.2) is 0 Å². The third-order valence-corrected chi connectivity index (χ3v) is 7.07. The van der Waals surface area contributed by atoms with Crippen LogP contribution in [0, 0.1) is 0 Å². The summed E-state index contributed by atoms with van der Waals surface area (Å²) in [4.78, 5) is 21.3. The van der Waals surface area contributed by atoms with E-state index >= 15 is 0 Å². The van der Waals surface area contributed by atoms with Crippen LogP contribution >= 0.6 is 41.2 Å². The van der Waals surface area contributed by atoms with Gasteiger partial charge in [0.05, 0.1) is 14.2 Å². The Bertz CT molecular complexity index is 167. The molecule has 0 aliphatic carbocycles. The second kappa shape index (κ2) is 9.88. The van der Waals surface area contributed by atoms with Gasteiger partial charge in [0.2, 0.25) is 0 Å². The highest BCUT2D eigenvalue weighted by Crippen LogP contribution is 2.42. The highest BCUT2D eigenvalue weighted by Gasteiger charge is 2.03. The summed E-state index contributed by atoms with van der Waals surface area (Å²) in [6.45, 7) is 0. The fourth-order valence-electron chi connectivity index (χ4n) is 0.301. The summed E-state index contributed by atoms with van der Waals surface area (Å²) in [5.74, 6) is 0.127. The predicted molar refractivity (Wildman–Crippen MR) is 64.1 cm³/mol. The van der Waals surface area contributed by atoms with E-state index in [2.05, 4.69) is 9.47 Å². The predicted octanol–water partition coefficient (Wildman–Crippen LogP) is 2.01. The summed E-state index contributed by atoms with van der Waals surface area (Å²) in [6, 6.07) is 0. The smallest absolute Gasteiger partial charge is 0.316 e. The Balaban J connectivity index is 3.14. The van der Waals surface area contributed by atoms with Gasteiger partial charge in [-0.1, -0.05) is 21.6 Å². The zero-order valence-electron chi connectivity index (χ0n) is 7.68. The molecule has 0 unspecified atom stereocenters. The fourth-order valence-corrected chi connectivity index (χ4v) is 5.70. The number of rotatable bonds is 7. The largest absolute Gasteiger partial charge is 0.468 e. The van der Waals surface area contributed by atoms with Crippen LogP contribution in [-0.2, 0) is 19.1 Å². The first-order valence-corrected chi connectivity index (χ1v) is 8.57. The molecular weight excluding hydrogens is 264 g/mol. The van der Waals surface area contributed by atoms with E-state index < -0.39 is 0 Å². The van der Waals surface area contributed by atoms with Crippen LogP contribution in [0.5, 0.6) is 0 Å². The molecule has 8 heteroatoms. The Kier molecular flexibility index (Phi) is 10.1. The lowest BCUT2D eigenvalue weighted by Crippen LogP contribution is -2.02. The molecule has 0 bridgehead atoms. The van der Waals surface area contributed by atoms with Crippen LogP contribution in [-0.4, -0.2) is 37.7 Å². The van der Waals surface area contributed by atoms with Gasteiger partial charge in [-0.15, -0.1) is 0 Å². The third kappa shape index (κ3) is 8.92. The van der Waals surface area contributed by atoms with Crippen molar-refractivity contribution in [2.45, 2.75) is 0 Å². The van der Waals surface area contributed by atoms with E-state index in [1.165, 1.54) is 55.5 Å². The van der Waals surface area contributed by atoms with Crippen LogP contribution < -0.4 is 0 Å². The number of ether oxygens (including phenoxy) is 2. The molecule has 4 nitrogen and oxygen atoms in total. The van der Waals surface area contributed by atoms with Crippen molar-refractivity contribution in [2.24, 2.45) is 0 Å². The maximum absolute atomic E-state index is 10.7.